The Hall–Kier alpha value is -2.45. The Morgan fingerprint density at radius 3 is 2.58 bits per heavy atom. The van der Waals surface area contributed by atoms with E-state index in [0.29, 0.717) is 26.3 Å². The smallest absolute Gasteiger partial charge is 0.339 e. The molecule has 2 N–H and O–H groups in total. The quantitative estimate of drug-likeness (QED) is 0.732. The zero-order chi connectivity index (χ0) is 17.5. The van der Waals surface area contributed by atoms with Crippen molar-refractivity contribution in [3.63, 3.8) is 0 Å². The summed E-state index contributed by atoms with van der Waals surface area (Å²) in [4.78, 5) is 37.3. The van der Waals surface area contributed by atoms with E-state index in [4.69, 9.17) is 9.84 Å². The first kappa shape index (κ1) is 17.9. The van der Waals surface area contributed by atoms with Gasteiger partial charge in [-0.05, 0) is 12.1 Å². The van der Waals surface area contributed by atoms with Gasteiger partial charge in [0.1, 0.15) is 6.04 Å². The molecule has 0 spiro atoms. The maximum absolute atomic E-state index is 12.6. The van der Waals surface area contributed by atoms with Crippen LogP contribution < -0.4 is 5.32 Å². The molecule has 0 unspecified atom stereocenters. The summed E-state index contributed by atoms with van der Waals surface area (Å²) in [7, 11) is 1.25. The van der Waals surface area contributed by atoms with Crippen LogP contribution in [0.4, 0.5) is 5.69 Å². The number of carbonyl (C=O) groups is 3. The van der Waals surface area contributed by atoms with Crippen molar-refractivity contribution in [2.24, 2.45) is 0 Å². The maximum atomic E-state index is 12.6. The number of amides is 1. The van der Waals surface area contributed by atoms with Crippen molar-refractivity contribution in [1.29, 1.82) is 0 Å². The predicted molar refractivity (Wildman–Crippen MR) is 84.8 cm³/mol. The number of aliphatic carboxylic acids is 1. The monoisotopic (exact) mass is 336 g/mol. The lowest BCUT2D eigenvalue weighted by Gasteiger charge is -2.32. The molecule has 1 heterocycles. The van der Waals surface area contributed by atoms with Gasteiger partial charge in [-0.1, -0.05) is 12.1 Å². The van der Waals surface area contributed by atoms with E-state index >= 15 is 0 Å². The fraction of sp³-hybridized carbons (Fsp3) is 0.438. The summed E-state index contributed by atoms with van der Waals surface area (Å²) in [5, 5.41) is 11.7. The number of carboxylic acids is 1. The molecular weight excluding hydrogens is 316 g/mol. The summed E-state index contributed by atoms with van der Waals surface area (Å²) in [5.41, 5.74) is 0.502. The first-order chi connectivity index (χ1) is 11.5. The minimum atomic E-state index is -1.07. The van der Waals surface area contributed by atoms with Crippen molar-refractivity contribution in [1.82, 2.24) is 4.90 Å². The molecule has 2 rings (SSSR count). The number of carboxylic acid groups (broad SMARTS) is 1. The van der Waals surface area contributed by atoms with Crippen molar-refractivity contribution >= 4 is 23.5 Å². The van der Waals surface area contributed by atoms with E-state index in [1.807, 2.05) is 0 Å². The number of nitrogens with zero attached hydrogens (tertiary/aromatic N) is 1. The number of morpholine rings is 1. The summed E-state index contributed by atoms with van der Waals surface area (Å²) in [6.45, 7) is 1.85. The molecule has 24 heavy (non-hydrogen) atoms. The number of rotatable bonds is 6. The minimum absolute atomic E-state index is 0.212. The molecule has 0 radical (unpaired) electrons. The Labute approximate surface area is 139 Å². The molecular formula is C16H20N2O6. The minimum Gasteiger partial charge on any atom is -0.481 e. The van der Waals surface area contributed by atoms with Gasteiger partial charge < -0.3 is 19.9 Å². The van der Waals surface area contributed by atoms with Gasteiger partial charge in [-0.25, -0.2) is 4.79 Å². The van der Waals surface area contributed by atoms with Gasteiger partial charge in [0, 0.05) is 13.1 Å². The van der Waals surface area contributed by atoms with Crippen molar-refractivity contribution in [2.75, 3.05) is 38.7 Å². The lowest BCUT2D eigenvalue weighted by atomic mass is 10.1. The highest BCUT2D eigenvalue weighted by molar-refractivity contribution is 6.03. The van der Waals surface area contributed by atoms with Gasteiger partial charge in [-0.3, -0.25) is 14.5 Å². The second-order valence-electron chi connectivity index (χ2n) is 5.29. The Balaban J connectivity index is 2.18. The van der Waals surface area contributed by atoms with Gasteiger partial charge in [0.15, 0.2) is 0 Å². The number of hydrogen-bond acceptors (Lipinski definition) is 6. The standard InChI is InChI=1S/C16H20N2O6/c1-23-16(22)11-4-2-3-5-12(11)17-15(21)13(10-14(19)20)18-6-8-24-9-7-18/h2-5,13H,6-10H2,1H3,(H,17,21)(H,19,20)/t13-/m1/s1. The van der Waals surface area contributed by atoms with Gasteiger partial charge in [0.2, 0.25) is 5.91 Å². The average molecular weight is 336 g/mol. The Bertz CT molecular complexity index is 612. The van der Waals surface area contributed by atoms with Crippen LogP contribution in [0.5, 0.6) is 0 Å². The van der Waals surface area contributed by atoms with Crippen LogP contribution in [-0.2, 0) is 19.1 Å². The molecule has 0 aliphatic carbocycles. The number of hydrogen-bond donors (Lipinski definition) is 2. The number of benzene rings is 1. The van der Waals surface area contributed by atoms with Crippen LogP contribution in [0.15, 0.2) is 24.3 Å². The fourth-order valence-corrected chi connectivity index (χ4v) is 2.54. The van der Waals surface area contributed by atoms with Crippen molar-refractivity contribution in [2.45, 2.75) is 12.5 Å². The molecule has 0 aromatic heterocycles. The number of nitrogens with one attached hydrogen (secondary N) is 1. The Morgan fingerprint density at radius 2 is 1.96 bits per heavy atom. The molecule has 1 aliphatic rings. The number of methoxy groups -OCH3 is 1. The van der Waals surface area contributed by atoms with Gasteiger partial charge in [-0.2, -0.15) is 0 Å². The average Bonchev–Trinajstić information content (AvgIpc) is 2.60. The van der Waals surface area contributed by atoms with E-state index < -0.39 is 23.9 Å². The molecule has 130 valence electrons. The summed E-state index contributed by atoms with van der Waals surface area (Å²) >= 11 is 0. The van der Waals surface area contributed by atoms with Crippen molar-refractivity contribution in [3.05, 3.63) is 29.8 Å². The van der Waals surface area contributed by atoms with Crippen LogP contribution in [0.25, 0.3) is 0 Å². The second kappa shape index (κ2) is 8.42. The molecule has 8 nitrogen and oxygen atoms in total. The number of anilines is 1. The van der Waals surface area contributed by atoms with E-state index in [2.05, 4.69) is 10.1 Å². The highest BCUT2D eigenvalue weighted by Crippen LogP contribution is 2.18. The SMILES string of the molecule is COC(=O)c1ccccc1NC(=O)[C@@H](CC(=O)O)N1CCOCC1. The maximum Gasteiger partial charge on any atom is 0.339 e. The number of esters is 1. The highest BCUT2D eigenvalue weighted by Gasteiger charge is 2.30. The van der Waals surface area contributed by atoms with Crippen molar-refractivity contribution < 1.29 is 29.0 Å². The topological polar surface area (TPSA) is 105 Å². The second-order valence-corrected chi connectivity index (χ2v) is 5.29. The third-order valence-corrected chi connectivity index (χ3v) is 3.75. The molecule has 1 atom stereocenters. The van der Waals surface area contributed by atoms with Gasteiger partial charge in [-0.15, -0.1) is 0 Å². The molecule has 1 saturated heterocycles. The van der Waals surface area contributed by atoms with Gasteiger partial charge in [0.05, 0.1) is 38.0 Å². The zero-order valence-electron chi connectivity index (χ0n) is 13.4. The molecule has 1 aliphatic heterocycles. The first-order valence-electron chi connectivity index (χ1n) is 7.54. The Kier molecular flexibility index (Phi) is 6.28. The van der Waals surface area contributed by atoms with Gasteiger partial charge >= 0.3 is 11.9 Å². The van der Waals surface area contributed by atoms with Crippen LogP contribution in [0.3, 0.4) is 0 Å². The third-order valence-electron chi connectivity index (χ3n) is 3.75. The summed E-state index contributed by atoms with van der Waals surface area (Å²) in [5.74, 6) is -2.12. The number of ether oxygens (including phenoxy) is 2. The van der Waals surface area contributed by atoms with Crippen LogP contribution in [0, 0.1) is 0 Å². The Morgan fingerprint density at radius 1 is 1.29 bits per heavy atom. The van der Waals surface area contributed by atoms with E-state index in [9.17, 15) is 14.4 Å². The lowest BCUT2D eigenvalue weighted by molar-refractivity contribution is -0.141. The van der Waals surface area contributed by atoms with E-state index in [-0.39, 0.29) is 17.7 Å². The molecule has 0 bridgehead atoms. The highest BCUT2D eigenvalue weighted by atomic mass is 16.5. The normalized spacial score (nSPS) is 16.2. The summed E-state index contributed by atoms with van der Waals surface area (Å²) < 4.78 is 9.92. The van der Waals surface area contributed by atoms with Gasteiger partial charge in [0.25, 0.3) is 0 Å². The largest absolute Gasteiger partial charge is 0.481 e. The molecule has 8 heteroatoms. The molecule has 1 aromatic carbocycles. The summed E-state index contributed by atoms with van der Waals surface area (Å²) in [6.07, 6.45) is -0.327. The van der Waals surface area contributed by atoms with Crippen LogP contribution in [-0.4, -0.2) is 67.3 Å². The van der Waals surface area contributed by atoms with E-state index in [1.165, 1.54) is 13.2 Å². The zero-order valence-corrected chi connectivity index (χ0v) is 13.4. The molecule has 1 aromatic rings. The van der Waals surface area contributed by atoms with Crippen LogP contribution in [0.1, 0.15) is 16.8 Å². The fourth-order valence-electron chi connectivity index (χ4n) is 2.54. The van der Waals surface area contributed by atoms with Crippen LogP contribution >= 0.6 is 0 Å². The predicted octanol–water partition coefficient (Wildman–Crippen LogP) is 0.587. The summed E-state index contributed by atoms with van der Waals surface area (Å²) in [6, 6.07) is 5.59. The van der Waals surface area contributed by atoms with E-state index in [1.54, 1.807) is 23.1 Å². The van der Waals surface area contributed by atoms with Crippen LogP contribution in [0.2, 0.25) is 0 Å². The van der Waals surface area contributed by atoms with Crippen molar-refractivity contribution in [3.8, 4) is 0 Å². The molecule has 1 fully saturated rings. The number of para-hydroxylation sites is 1. The third kappa shape index (κ3) is 4.53. The first-order valence-corrected chi connectivity index (χ1v) is 7.54. The lowest BCUT2D eigenvalue weighted by Crippen LogP contribution is -2.50. The molecule has 1 amide bonds. The molecule has 0 saturated carbocycles. The number of carbonyl (C=O) groups excluding carboxylic acids is 2. The van der Waals surface area contributed by atoms with E-state index in [0.717, 1.165) is 0 Å².